The van der Waals surface area contributed by atoms with E-state index in [-0.39, 0.29) is 29.7 Å². The highest BCUT2D eigenvalue weighted by Gasteiger charge is 2.13. The number of unbranched alkanes of at least 4 members (excludes halogenated alkanes) is 1. The van der Waals surface area contributed by atoms with Gasteiger partial charge in [0, 0.05) is 46.9 Å². The lowest BCUT2D eigenvalue weighted by atomic mass is 10.4. The van der Waals surface area contributed by atoms with Crippen molar-refractivity contribution in [3.8, 4) is 0 Å². The van der Waals surface area contributed by atoms with Crippen LogP contribution in [0.5, 0.6) is 0 Å². The van der Waals surface area contributed by atoms with Gasteiger partial charge in [0.05, 0.1) is 5.75 Å². The number of rotatable bonds is 13. The van der Waals surface area contributed by atoms with Crippen LogP contribution in [0, 0.1) is 0 Å². The molecule has 0 fully saturated rings. The molecule has 0 aromatic rings. The summed E-state index contributed by atoms with van der Waals surface area (Å²) in [4.78, 5) is 4.14. The number of nitrogens with zero attached hydrogens (tertiary/aromatic N) is 2. The van der Waals surface area contributed by atoms with Crippen LogP contribution in [0.3, 0.4) is 0 Å². The summed E-state index contributed by atoms with van der Waals surface area (Å²) in [5, 5.41) is 6.40. The molecule has 2 N–H and O–H groups in total. The third-order valence-electron chi connectivity index (χ3n) is 3.41. The maximum atomic E-state index is 11.6. The quantitative estimate of drug-likeness (QED) is 0.182. The predicted octanol–water partition coefficient (Wildman–Crippen LogP) is 1.65. The summed E-state index contributed by atoms with van der Waals surface area (Å²) in [6.07, 6.45) is 3.93. The smallest absolute Gasteiger partial charge is 0.213 e. The number of nitrogens with one attached hydrogen (secondary N) is 2. The third kappa shape index (κ3) is 13.2. The largest absolute Gasteiger partial charge is 0.381 e. The van der Waals surface area contributed by atoms with E-state index >= 15 is 0 Å². The molecule has 7 nitrogen and oxygen atoms in total. The van der Waals surface area contributed by atoms with Crippen LogP contribution < -0.4 is 10.6 Å². The minimum absolute atomic E-state index is 0. The van der Waals surface area contributed by atoms with Crippen molar-refractivity contribution in [1.82, 2.24) is 14.9 Å². The molecule has 0 radical (unpaired) electrons. The molecule has 0 aliphatic rings. The molecule has 0 aromatic heterocycles. The van der Waals surface area contributed by atoms with Crippen molar-refractivity contribution in [1.29, 1.82) is 0 Å². The lowest BCUT2D eigenvalue weighted by Crippen LogP contribution is -2.39. The van der Waals surface area contributed by atoms with Crippen molar-refractivity contribution in [2.24, 2.45) is 4.99 Å². The summed E-state index contributed by atoms with van der Waals surface area (Å²) in [6.45, 7) is 7.37. The maximum absolute atomic E-state index is 11.6. The summed E-state index contributed by atoms with van der Waals surface area (Å²) < 4.78 is 30.1. The maximum Gasteiger partial charge on any atom is 0.213 e. The molecule has 0 aromatic carbocycles. The summed E-state index contributed by atoms with van der Waals surface area (Å²) in [5.74, 6) is 0.875. The molecule has 0 amide bonds. The van der Waals surface area contributed by atoms with Gasteiger partial charge in [-0.3, -0.25) is 4.99 Å². The van der Waals surface area contributed by atoms with E-state index < -0.39 is 10.0 Å². The zero-order valence-corrected chi connectivity index (χ0v) is 18.7. The van der Waals surface area contributed by atoms with Gasteiger partial charge in [0.25, 0.3) is 0 Å². The van der Waals surface area contributed by atoms with Gasteiger partial charge in [-0.1, -0.05) is 13.3 Å². The molecule has 0 saturated heterocycles. The van der Waals surface area contributed by atoms with E-state index in [1.54, 1.807) is 21.0 Å². The predicted molar refractivity (Wildman–Crippen MR) is 112 cm³/mol. The van der Waals surface area contributed by atoms with E-state index in [0.717, 1.165) is 51.4 Å². The van der Waals surface area contributed by atoms with E-state index in [1.807, 2.05) is 0 Å². The Morgan fingerprint density at radius 2 is 1.67 bits per heavy atom. The van der Waals surface area contributed by atoms with Crippen molar-refractivity contribution in [3.63, 3.8) is 0 Å². The summed E-state index contributed by atoms with van der Waals surface area (Å²) in [6, 6.07) is 0. The normalized spacial score (nSPS) is 12.1. The molecule has 9 heteroatoms. The first-order chi connectivity index (χ1) is 11.0. The summed E-state index contributed by atoms with van der Waals surface area (Å²) in [7, 11) is 0.252. The van der Waals surface area contributed by atoms with Gasteiger partial charge >= 0.3 is 0 Å². The minimum atomic E-state index is -3.09. The van der Waals surface area contributed by atoms with Crippen molar-refractivity contribution in [3.05, 3.63) is 0 Å². The molecule has 0 aliphatic heterocycles. The monoisotopic (exact) mass is 478 g/mol. The van der Waals surface area contributed by atoms with E-state index in [4.69, 9.17) is 4.74 Å². The molecule has 146 valence electrons. The standard InChI is InChI=1S/C15H34N4O3S.HI/c1-5-7-13-22-14-9-11-18-15(16-3)17-10-8-12-19(4)23(20,21)6-2;/h5-14H2,1-4H3,(H2,16,17,18);1H. The highest BCUT2D eigenvalue weighted by molar-refractivity contribution is 14.0. The molecule has 24 heavy (non-hydrogen) atoms. The zero-order chi connectivity index (χ0) is 17.6. The van der Waals surface area contributed by atoms with E-state index in [2.05, 4.69) is 22.5 Å². The first kappa shape index (κ1) is 26.1. The van der Waals surface area contributed by atoms with Gasteiger partial charge in [0.1, 0.15) is 0 Å². The molecular formula is C15H35IN4O3S. The SMILES string of the molecule is CCCCOCCCNC(=NC)NCCCN(C)S(=O)(=O)CC.I. The number of ether oxygens (including phenoxy) is 1. The fourth-order valence-electron chi connectivity index (χ4n) is 1.82. The molecule has 0 spiro atoms. The number of halogens is 1. The Morgan fingerprint density at radius 1 is 1.08 bits per heavy atom. The van der Waals surface area contributed by atoms with Crippen LogP contribution in [0.1, 0.15) is 39.5 Å². The van der Waals surface area contributed by atoms with Crippen LogP contribution in [0.4, 0.5) is 0 Å². The number of guanidine groups is 1. The van der Waals surface area contributed by atoms with E-state index in [1.165, 1.54) is 4.31 Å². The lowest BCUT2D eigenvalue weighted by Gasteiger charge is -2.16. The molecule has 0 heterocycles. The molecular weight excluding hydrogens is 443 g/mol. The van der Waals surface area contributed by atoms with Gasteiger partial charge in [-0.2, -0.15) is 0 Å². The van der Waals surface area contributed by atoms with Crippen molar-refractivity contribution in [2.45, 2.75) is 39.5 Å². The highest BCUT2D eigenvalue weighted by atomic mass is 127. The Hall–Kier alpha value is -0.130. The second kappa shape index (κ2) is 16.3. The van der Waals surface area contributed by atoms with Gasteiger partial charge in [0.15, 0.2) is 5.96 Å². The van der Waals surface area contributed by atoms with Crippen molar-refractivity contribution < 1.29 is 13.2 Å². The number of hydrogen-bond acceptors (Lipinski definition) is 4. The van der Waals surface area contributed by atoms with Crippen LogP contribution in [-0.4, -0.2) is 71.4 Å². The summed E-state index contributed by atoms with van der Waals surface area (Å²) >= 11 is 0. The van der Waals surface area contributed by atoms with Gasteiger partial charge in [-0.05, 0) is 26.2 Å². The lowest BCUT2D eigenvalue weighted by molar-refractivity contribution is 0.129. The Kier molecular flexibility index (Phi) is 17.8. The molecule has 0 aliphatic carbocycles. The van der Waals surface area contributed by atoms with Crippen LogP contribution in [0.15, 0.2) is 4.99 Å². The number of sulfonamides is 1. The van der Waals surface area contributed by atoms with Crippen LogP contribution in [0.25, 0.3) is 0 Å². The molecule has 0 atom stereocenters. The van der Waals surface area contributed by atoms with Crippen LogP contribution in [0.2, 0.25) is 0 Å². The van der Waals surface area contributed by atoms with Crippen LogP contribution >= 0.6 is 24.0 Å². The Morgan fingerprint density at radius 3 is 2.21 bits per heavy atom. The zero-order valence-electron chi connectivity index (χ0n) is 15.5. The van der Waals surface area contributed by atoms with Crippen molar-refractivity contribution in [2.75, 3.05) is 52.7 Å². The third-order valence-corrected chi connectivity index (χ3v) is 5.27. The Bertz CT molecular complexity index is 419. The van der Waals surface area contributed by atoms with Gasteiger partial charge < -0.3 is 15.4 Å². The first-order valence-electron chi connectivity index (χ1n) is 8.44. The highest BCUT2D eigenvalue weighted by Crippen LogP contribution is 1.98. The minimum Gasteiger partial charge on any atom is -0.381 e. The van der Waals surface area contributed by atoms with Gasteiger partial charge in [0.2, 0.25) is 10.0 Å². The average molecular weight is 478 g/mol. The molecule has 0 rings (SSSR count). The fraction of sp³-hybridized carbons (Fsp3) is 0.933. The van der Waals surface area contributed by atoms with E-state index in [0.29, 0.717) is 13.1 Å². The fourth-order valence-corrected chi connectivity index (χ4v) is 2.67. The van der Waals surface area contributed by atoms with Crippen molar-refractivity contribution >= 4 is 40.0 Å². The van der Waals surface area contributed by atoms with Crippen LogP contribution in [-0.2, 0) is 14.8 Å². The summed E-state index contributed by atoms with van der Waals surface area (Å²) in [5.41, 5.74) is 0. The number of aliphatic imine (C=N–C) groups is 1. The Balaban J connectivity index is 0. The van der Waals surface area contributed by atoms with Gasteiger partial charge in [-0.15, -0.1) is 24.0 Å². The van der Waals surface area contributed by atoms with E-state index in [9.17, 15) is 8.42 Å². The second-order valence-corrected chi connectivity index (χ2v) is 7.69. The molecule has 0 saturated carbocycles. The van der Waals surface area contributed by atoms with Gasteiger partial charge in [-0.25, -0.2) is 12.7 Å². The first-order valence-corrected chi connectivity index (χ1v) is 10.0. The molecule has 0 unspecified atom stereocenters. The average Bonchev–Trinajstić information content (AvgIpc) is 2.55. The number of hydrogen-bond donors (Lipinski definition) is 2. The Labute approximate surface area is 165 Å². The molecule has 0 bridgehead atoms. The second-order valence-electron chi connectivity index (χ2n) is 5.32. The topological polar surface area (TPSA) is 83.0 Å².